The molecule has 2 amide bonds. The molecule has 0 spiro atoms. The number of sulfonamides is 1. The minimum atomic E-state index is -3.83. The van der Waals surface area contributed by atoms with Crippen LogP contribution in [0.1, 0.15) is 30.0 Å². The molecule has 3 aromatic carbocycles. The van der Waals surface area contributed by atoms with Crippen LogP contribution in [-0.2, 0) is 32.6 Å². The summed E-state index contributed by atoms with van der Waals surface area (Å²) in [5.74, 6) is -0.184. The van der Waals surface area contributed by atoms with Crippen molar-refractivity contribution in [1.82, 2.24) is 10.2 Å². The zero-order valence-corrected chi connectivity index (χ0v) is 25.7. The minimum absolute atomic E-state index is 0.0873. The van der Waals surface area contributed by atoms with Crippen LogP contribution in [0.25, 0.3) is 0 Å². The van der Waals surface area contributed by atoms with Crippen LogP contribution in [-0.4, -0.2) is 57.6 Å². The van der Waals surface area contributed by atoms with Gasteiger partial charge in [0.05, 0.1) is 19.1 Å². The molecule has 1 atom stereocenters. The number of nitrogens with zero attached hydrogens (tertiary/aromatic N) is 2. The second-order valence-corrected chi connectivity index (χ2v) is 12.3. The van der Waals surface area contributed by atoms with Crippen molar-refractivity contribution in [1.29, 1.82) is 0 Å². The van der Waals surface area contributed by atoms with Crippen molar-refractivity contribution in [2.24, 2.45) is 0 Å². The Labute approximate surface area is 245 Å². The predicted octanol–water partition coefficient (Wildman–Crippen LogP) is 4.70. The molecule has 0 aliphatic rings. The first kappa shape index (κ1) is 31.2. The van der Waals surface area contributed by atoms with Crippen molar-refractivity contribution >= 4 is 43.5 Å². The Morgan fingerprint density at radius 3 is 2.33 bits per heavy atom. The number of methoxy groups -OCH3 is 1. The van der Waals surface area contributed by atoms with E-state index < -0.39 is 28.5 Å². The van der Waals surface area contributed by atoms with Gasteiger partial charge in [0.15, 0.2) is 0 Å². The molecule has 0 saturated carbocycles. The molecule has 40 heavy (non-hydrogen) atoms. The van der Waals surface area contributed by atoms with E-state index in [1.807, 2.05) is 56.3 Å². The van der Waals surface area contributed by atoms with Crippen molar-refractivity contribution in [3.8, 4) is 5.75 Å². The summed E-state index contributed by atoms with van der Waals surface area (Å²) in [6.45, 7) is 3.88. The van der Waals surface area contributed by atoms with Gasteiger partial charge < -0.3 is 15.0 Å². The van der Waals surface area contributed by atoms with E-state index in [2.05, 4.69) is 21.2 Å². The van der Waals surface area contributed by atoms with Crippen LogP contribution in [0.4, 0.5) is 5.69 Å². The first-order valence-corrected chi connectivity index (χ1v) is 15.7. The van der Waals surface area contributed by atoms with Crippen molar-refractivity contribution < 1.29 is 22.7 Å². The lowest BCUT2D eigenvalue weighted by molar-refractivity contribution is -0.140. The fourth-order valence-corrected chi connectivity index (χ4v) is 5.37. The number of rotatable bonds is 13. The maximum Gasteiger partial charge on any atom is 0.244 e. The third kappa shape index (κ3) is 8.56. The molecule has 0 heterocycles. The van der Waals surface area contributed by atoms with Gasteiger partial charge in [-0.2, -0.15) is 0 Å². The summed E-state index contributed by atoms with van der Waals surface area (Å²) in [5, 5.41) is 2.93. The van der Waals surface area contributed by atoms with E-state index in [9.17, 15) is 18.0 Å². The van der Waals surface area contributed by atoms with Crippen molar-refractivity contribution in [3.63, 3.8) is 0 Å². The topological polar surface area (TPSA) is 96.0 Å². The highest BCUT2D eigenvalue weighted by molar-refractivity contribution is 9.10. The van der Waals surface area contributed by atoms with E-state index in [-0.39, 0.29) is 18.9 Å². The van der Waals surface area contributed by atoms with Crippen LogP contribution in [0.15, 0.2) is 77.3 Å². The Morgan fingerprint density at radius 2 is 1.70 bits per heavy atom. The summed E-state index contributed by atoms with van der Waals surface area (Å²) in [7, 11) is -2.27. The standard InChI is InChI=1S/C30H36BrN3O5S/c1-5-16-32-30(36)28(19-23-10-7-6-8-11-23)33(20-24-12-9-13-26(18-24)39-3)29(35)21-34(40(4,37)38)25-14-15-27(31)22(2)17-25/h6-15,17-18,28H,5,16,19-21H2,1-4H3,(H,32,36). The average Bonchev–Trinajstić information content (AvgIpc) is 2.93. The molecular weight excluding hydrogens is 594 g/mol. The molecule has 0 aliphatic carbocycles. The molecule has 0 radical (unpaired) electrons. The number of amides is 2. The third-order valence-corrected chi connectivity index (χ3v) is 8.45. The molecule has 10 heteroatoms. The average molecular weight is 631 g/mol. The van der Waals surface area contributed by atoms with Gasteiger partial charge in [-0.3, -0.25) is 13.9 Å². The minimum Gasteiger partial charge on any atom is -0.497 e. The summed E-state index contributed by atoms with van der Waals surface area (Å²) in [4.78, 5) is 29.1. The van der Waals surface area contributed by atoms with E-state index in [4.69, 9.17) is 4.74 Å². The Bertz CT molecular complexity index is 1420. The number of nitrogens with one attached hydrogen (secondary N) is 1. The van der Waals surface area contributed by atoms with Crippen LogP contribution in [0.5, 0.6) is 5.75 Å². The number of carbonyl (C=O) groups excluding carboxylic acids is 2. The maximum atomic E-state index is 14.1. The number of carbonyl (C=O) groups is 2. The van der Waals surface area contributed by atoms with Crippen LogP contribution in [0, 0.1) is 6.92 Å². The predicted molar refractivity (Wildman–Crippen MR) is 162 cm³/mol. The number of ether oxygens (including phenoxy) is 1. The highest BCUT2D eigenvalue weighted by atomic mass is 79.9. The van der Waals surface area contributed by atoms with Gasteiger partial charge in [0.25, 0.3) is 0 Å². The Balaban J connectivity index is 2.06. The number of hydrogen-bond acceptors (Lipinski definition) is 5. The normalized spacial score (nSPS) is 11.9. The van der Waals surface area contributed by atoms with Gasteiger partial charge >= 0.3 is 0 Å². The molecule has 0 aromatic heterocycles. The molecule has 1 N–H and O–H groups in total. The van der Waals surface area contributed by atoms with E-state index in [0.717, 1.165) is 38.1 Å². The summed E-state index contributed by atoms with van der Waals surface area (Å²) in [5.41, 5.74) is 2.83. The molecule has 8 nitrogen and oxygen atoms in total. The summed E-state index contributed by atoms with van der Waals surface area (Å²) in [6.07, 6.45) is 2.07. The number of halogens is 1. The van der Waals surface area contributed by atoms with Crippen LogP contribution < -0.4 is 14.4 Å². The van der Waals surface area contributed by atoms with E-state index in [0.29, 0.717) is 18.0 Å². The highest BCUT2D eigenvalue weighted by Gasteiger charge is 2.33. The lowest BCUT2D eigenvalue weighted by Gasteiger charge is -2.33. The van der Waals surface area contributed by atoms with E-state index in [1.165, 1.54) is 4.90 Å². The van der Waals surface area contributed by atoms with Gasteiger partial charge in [-0.25, -0.2) is 8.42 Å². The zero-order chi connectivity index (χ0) is 29.3. The van der Waals surface area contributed by atoms with Crippen LogP contribution >= 0.6 is 15.9 Å². The molecule has 0 fully saturated rings. The lowest BCUT2D eigenvalue weighted by atomic mass is 10.0. The Kier molecular flexibility index (Phi) is 11.2. The quantitative estimate of drug-likeness (QED) is 0.296. The fraction of sp³-hybridized carbons (Fsp3) is 0.333. The van der Waals surface area contributed by atoms with E-state index in [1.54, 1.807) is 37.4 Å². The molecule has 3 rings (SSSR count). The molecule has 0 aliphatic heterocycles. The maximum absolute atomic E-state index is 14.1. The first-order valence-electron chi connectivity index (χ1n) is 13.0. The fourth-order valence-electron chi connectivity index (χ4n) is 4.29. The van der Waals surface area contributed by atoms with Crippen LogP contribution in [0.2, 0.25) is 0 Å². The van der Waals surface area contributed by atoms with Gasteiger partial charge in [-0.15, -0.1) is 0 Å². The number of anilines is 1. The number of hydrogen-bond donors (Lipinski definition) is 1. The Hall–Kier alpha value is -3.37. The molecular formula is C30H36BrN3O5S. The zero-order valence-electron chi connectivity index (χ0n) is 23.3. The smallest absolute Gasteiger partial charge is 0.244 e. The van der Waals surface area contributed by atoms with Gasteiger partial charge in [0.2, 0.25) is 21.8 Å². The summed E-state index contributed by atoms with van der Waals surface area (Å²) >= 11 is 3.44. The lowest BCUT2D eigenvalue weighted by Crippen LogP contribution is -2.53. The Morgan fingerprint density at radius 1 is 1.00 bits per heavy atom. The molecule has 0 saturated heterocycles. The highest BCUT2D eigenvalue weighted by Crippen LogP contribution is 2.26. The van der Waals surface area contributed by atoms with Gasteiger partial charge in [0.1, 0.15) is 18.3 Å². The number of aryl methyl sites for hydroxylation is 1. The van der Waals surface area contributed by atoms with E-state index >= 15 is 0 Å². The molecule has 3 aromatic rings. The third-order valence-electron chi connectivity index (χ3n) is 6.42. The van der Waals surface area contributed by atoms with Gasteiger partial charge in [-0.1, -0.05) is 65.3 Å². The van der Waals surface area contributed by atoms with Crippen molar-refractivity contribution in [2.75, 3.05) is 30.8 Å². The van der Waals surface area contributed by atoms with Gasteiger partial charge in [0, 0.05) is 24.0 Å². The van der Waals surface area contributed by atoms with Crippen molar-refractivity contribution in [3.05, 3.63) is 94.0 Å². The number of benzene rings is 3. The van der Waals surface area contributed by atoms with Crippen molar-refractivity contribution in [2.45, 2.75) is 39.3 Å². The second kappa shape index (κ2) is 14.3. The first-order chi connectivity index (χ1) is 19.0. The van der Waals surface area contributed by atoms with Crippen LogP contribution in [0.3, 0.4) is 0 Å². The second-order valence-electron chi connectivity index (χ2n) is 9.57. The molecule has 214 valence electrons. The summed E-state index contributed by atoms with van der Waals surface area (Å²) < 4.78 is 33.1. The van der Waals surface area contributed by atoms with Gasteiger partial charge in [-0.05, 0) is 60.4 Å². The molecule has 1 unspecified atom stereocenters. The SMILES string of the molecule is CCCNC(=O)C(Cc1ccccc1)N(Cc1cccc(OC)c1)C(=O)CN(c1ccc(Br)c(C)c1)S(C)(=O)=O. The largest absolute Gasteiger partial charge is 0.497 e. The monoisotopic (exact) mass is 629 g/mol. The molecule has 0 bridgehead atoms. The summed E-state index contributed by atoms with van der Waals surface area (Å²) in [6, 6.07) is 20.9.